The van der Waals surface area contributed by atoms with E-state index >= 15 is 0 Å². The minimum absolute atomic E-state index is 0.561. The fourth-order valence-electron chi connectivity index (χ4n) is 7.57. The highest BCUT2D eigenvalue weighted by Gasteiger charge is 2.26. The highest BCUT2D eigenvalue weighted by molar-refractivity contribution is 7.26. The molecule has 0 aliphatic rings. The van der Waals surface area contributed by atoms with Crippen LogP contribution < -0.4 is 0 Å². The van der Waals surface area contributed by atoms with Gasteiger partial charge in [-0.1, -0.05) is 121 Å². The number of fused-ring (bicyclic) bond motifs is 14. The van der Waals surface area contributed by atoms with Crippen LogP contribution >= 0.6 is 11.3 Å². The molecule has 228 valence electrons. The quantitative estimate of drug-likeness (QED) is 0.192. The Labute approximate surface area is 283 Å². The van der Waals surface area contributed by atoms with Gasteiger partial charge in [0.15, 0.2) is 11.6 Å². The minimum atomic E-state index is 0.561. The number of hydrogen-bond acceptors (Lipinski definition) is 5. The van der Waals surface area contributed by atoms with Crippen molar-refractivity contribution in [1.82, 2.24) is 19.5 Å². The third-order valence-electron chi connectivity index (χ3n) is 9.63. The Hall–Kier alpha value is -6.37. The molecule has 0 saturated heterocycles. The third-order valence-corrected chi connectivity index (χ3v) is 10.8. The molecule has 0 aliphatic carbocycles. The maximum absolute atomic E-state index is 6.89. The van der Waals surface area contributed by atoms with Crippen LogP contribution in [0.25, 0.3) is 103 Å². The van der Waals surface area contributed by atoms with Crippen molar-refractivity contribution >= 4 is 86.0 Å². The Morgan fingerprint density at radius 3 is 1.84 bits per heavy atom. The molecule has 0 unspecified atom stereocenters. The molecule has 4 heterocycles. The summed E-state index contributed by atoms with van der Waals surface area (Å²) in [6.45, 7) is 0. The lowest BCUT2D eigenvalue weighted by Gasteiger charge is -2.12. The highest BCUT2D eigenvalue weighted by Crippen LogP contribution is 2.49. The Morgan fingerprint density at radius 1 is 0.449 bits per heavy atom. The van der Waals surface area contributed by atoms with E-state index in [2.05, 4.69) is 83.4 Å². The van der Waals surface area contributed by atoms with Crippen molar-refractivity contribution in [3.05, 3.63) is 146 Å². The van der Waals surface area contributed by atoms with Gasteiger partial charge < -0.3 is 4.42 Å². The molecule has 5 nitrogen and oxygen atoms in total. The number of para-hydroxylation sites is 2. The predicted molar refractivity (Wildman–Crippen MR) is 203 cm³/mol. The number of furan rings is 1. The van der Waals surface area contributed by atoms with E-state index in [0.29, 0.717) is 17.6 Å². The van der Waals surface area contributed by atoms with E-state index in [1.54, 1.807) is 0 Å². The summed E-state index contributed by atoms with van der Waals surface area (Å²) in [5.41, 5.74) is 5.63. The molecule has 0 amide bonds. The number of aromatic nitrogens is 4. The van der Waals surface area contributed by atoms with Crippen molar-refractivity contribution in [2.45, 2.75) is 0 Å². The van der Waals surface area contributed by atoms with Crippen molar-refractivity contribution in [3.63, 3.8) is 0 Å². The first-order chi connectivity index (χ1) is 24.3. The largest absolute Gasteiger partial charge is 0.455 e. The summed E-state index contributed by atoms with van der Waals surface area (Å²) in [4.78, 5) is 15.4. The van der Waals surface area contributed by atoms with Gasteiger partial charge in [0.1, 0.15) is 11.2 Å². The van der Waals surface area contributed by atoms with Crippen LogP contribution in [0, 0.1) is 0 Å². The van der Waals surface area contributed by atoms with Gasteiger partial charge in [-0.15, -0.1) is 11.3 Å². The van der Waals surface area contributed by atoms with Crippen LogP contribution in [-0.2, 0) is 0 Å². The number of thiophene rings is 1. The van der Waals surface area contributed by atoms with Crippen LogP contribution in [0.4, 0.5) is 0 Å². The fourth-order valence-corrected chi connectivity index (χ4v) is 8.69. The van der Waals surface area contributed by atoms with E-state index in [4.69, 9.17) is 19.4 Å². The SMILES string of the molecule is c1ccc(-c2nc(-c3ccccc3)nc(-n3c4ccccc4c4c5oc6ccccc6c5c5c(ccc6sc7ccccc7c65)c43)n2)cc1. The van der Waals surface area contributed by atoms with Crippen molar-refractivity contribution in [3.8, 4) is 28.7 Å². The normalized spacial score (nSPS) is 12.1. The van der Waals surface area contributed by atoms with Gasteiger partial charge in [-0.25, -0.2) is 4.98 Å². The molecule has 0 aliphatic heterocycles. The molecular weight excluding hydrogens is 621 g/mol. The van der Waals surface area contributed by atoms with Crippen LogP contribution in [0.5, 0.6) is 0 Å². The number of nitrogens with zero attached hydrogens (tertiary/aromatic N) is 4. The zero-order valence-electron chi connectivity index (χ0n) is 26.0. The minimum Gasteiger partial charge on any atom is -0.455 e. The van der Waals surface area contributed by atoms with E-state index in [1.807, 2.05) is 78.1 Å². The molecule has 0 saturated carbocycles. The van der Waals surface area contributed by atoms with Crippen LogP contribution in [0.1, 0.15) is 0 Å². The number of rotatable bonds is 3. The van der Waals surface area contributed by atoms with Gasteiger partial charge in [-0.2, -0.15) is 9.97 Å². The fraction of sp³-hybridized carbons (Fsp3) is 0. The van der Waals surface area contributed by atoms with Gasteiger partial charge in [0.05, 0.1) is 16.4 Å². The Balaban J connectivity index is 1.39. The summed E-state index contributed by atoms with van der Waals surface area (Å²) in [5, 5.41) is 9.20. The van der Waals surface area contributed by atoms with Gasteiger partial charge in [0.2, 0.25) is 5.95 Å². The summed E-state index contributed by atoms with van der Waals surface area (Å²) in [6.07, 6.45) is 0. The Morgan fingerprint density at radius 2 is 1.08 bits per heavy atom. The molecule has 49 heavy (non-hydrogen) atoms. The zero-order chi connectivity index (χ0) is 32.1. The molecule has 4 aromatic heterocycles. The lowest BCUT2D eigenvalue weighted by molar-refractivity contribution is 0.673. The van der Waals surface area contributed by atoms with Gasteiger partial charge >= 0.3 is 0 Å². The zero-order valence-corrected chi connectivity index (χ0v) is 26.8. The smallest absolute Gasteiger partial charge is 0.238 e. The Bertz CT molecular complexity index is 3050. The van der Waals surface area contributed by atoms with Crippen molar-refractivity contribution in [1.29, 1.82) is 0 Å². The van der Waals surface area contributed by atoms with Crippen molar-refractivity contribution in [2.24, 2.45) is 0 Å². The van der Waals surface area contributed by atoms with E-state index in [-0.39, 0.29) is 0 Å². The molecule has 11 aromatic rings. The molecule has 0 N–H and O–H groups in total. The summed E-state index contributed by atoms with van der Waals surface area (Å²) in [6, 6.07) is 50.5. The van der Waals surface area contributed by atoms with Crippen LogP contribution in [0.2, 0.25) is 0 Å². The molecule has 0 atom stereocenters. The number of benzene rings is 7. The molecule has 0 spiro atoms. The molecular formula is C43H24N4OS. The summed E-state index contributed by atoms with van der Waals surface area (Å²) < 4.78 is 11.6. The van der Waals surface area contributed by atoms with Crippen LogP contribution in [-0.4, -0.2) is 19.5 Å². The maximum atomic E-state index is 6.89. The predicted octanol–water partition coefficient (Wildman–Crippen LogP) is 11.7. The molecule has 0 radical (unpaired) electrons. The van der Waals surface area contributed by atoms with E-state index in [9.17, 15) is 0 Å². The standard InChI is InChI=1S/C43H24N4OS/c1-3-13-25(14-4-1)41-44-42(26-15-5-2-6-16-26)46-43(45-41)47-31-20-10-7-17-27(31)38-39(47)30-23-24-34-35(29-19-9-12-22-33(29)49-34)36(30)37-28-18-8-11-21-32(28)48-40(37)38/h1-24H. The first-order valence-electron chi connectivity index (χ1n) is 16.3. The van der Waals surface area contributed by atoms with Crippen molar-refractivity contribution < 1.29 is 4.42 Å². The molecule has 11 rings (SSSR count). The first kappa shape index (κ1) is 26.7. The van der Waals surface area contributed by atoms with Gasteiger partial charge in [0, 0.05) is 58.2 Å². The average Bonchev–Trinajstić information content (AvgIpc) is 3.85. The third kappa shape index (κ3) is 3.77. The summed E-state index contributed by atoms with van der Waals surface area (Å²) in [7, 11) is 0. The molecule has 0 bridgehead atoms. The van der Waals surface area contributed by atoms with E-state index < -0.39 is 0 Å². The van der Waals surface area contributed by atoms with Gasteiger partial charge in [-0.05, 0) is 24.3 Å². The summed E-state index contributed by atoms with van der Waals surface area (Å²) >= 11 is 1.83. The lowest BCUT2D eigenvalue weighted by Crippen LogP contribution is -2.06. The second-order valence-corrected chi connectivity index (χ2v) is 13.4. The highest BCUT2D eigenvalue weighted by atomic mass is 32.1. The van der Waals surface area contributed by atoms with Crippen LogP contribution in [0.15, 0.2) is 150 Å². The molecule has 0 fully saturated rings. The van der Waals surface area contributed by atoms with Crippen LogP contribution in [0.3, 0.4) is 0 Å². The molecule has 7 aromatic carbocycles. The monoisotopic (exact) mass is 644 g/mol. The topological polar surface area (TPSA) is 56.7 Å². The first-order valence-corrected chi connectivity index (χ1v) is 17.1. The maximum Gasteiger partial charge on any atom is 0.238 e. The average molecular weight is 645 g/mol. The Kier molecular flexibility index (Phi) is 5.48. The van der Waals surface area contributed by atoms with E-state index in [0.717, 1.165) is 60.3 Å². The van der Waals surface area contributed by atoms with Gasteiger partial charge in [0.25, 0.3) is 0 Å². The summed E-state index contributed by atoms with van der Waals surface area (Å²) in [5.74, 6) is 1.80. The molecule has 6 heteroatoms. The van der Waals surface area contributed by atoms with Crippen molar-refractivity contribution in [2.75, 3.05) is 0 Å². The van der Waals surface area contributed by atoms with Gasteiger partial charge in [-0.3, -0.25) is 4.57 Å². The number of hydrogen-bond donors (Lipinski definition) is 0. The lowest BCUT2D eigenvalue weighted by atomic mass is 9.96. The second-order valence-electron chi connectivity index (χ2n) is 12.4. The second kappa shape index (κ2) is 10.1. The van der Waals surface area contributed by atoms with E-state index in [1.165, 1.54) is 25.6 Å².